The fourth-order valence-electron chi connectivity index (χ4n) is 3.36. The number of methoxy groups -OCH3 is 1. The fraction of sp³-hybridized carbons (Fsp3) is 0.350. The molecule has 2 atom stereocenters. The first kappa shape index (κ1) is 18.1. The zero-order valence-electron chi connectivity index (χ0n) is 14.8. The Morgan fingerprint density at radius 1 is 1.27 bits per heavy atom. The van der Waals surface area contributed by atoms with Crippen molar-refractivity contribution >= 4 is 11.8 Å². The second-order valence-electron chi connectivity index (χ2n) is 6.33. The third kappa shape index (κ3) is 4.08. The Hall–Kier alpha value is -2.73. The van der Waals surface area contributed by atoms with Crippen LogP contribution in [0.3, 0.4) is 0 Å². The average Bonchev–Trinajstić information content (AvgIpc) is 3.02. The van der Waals surface area contributed by atoms with E-state index >= 15 is 0 Å². The third-order valence-corrected chi connectivity index (χ3v) is 4.64. The molecule has 0 saturated carbocycles. The molecule has 1 aliphatic rings. The Kier molecular flexibility index (Phi) is 5.96. The van der Waals surface area contributed by atoms with E-state index in [1.165, 1.54) is 0 Å². The molecule has 1 fully saturated rings. The summed E-state index contributed by atoms with van der Waals surface area (Å²) in [5.41, 5.74) is 1.90. The van der Waals surface area contributed by atoms with Gasteiger partial charge in [0.1, 0.15) is 0 Å². The molecule has 1 aliphatic heterocycles. The maximum atomic E-state index is 12.8. The predicted molar refractivity (Wildman–Crippen MR) is 97.0 cm³/mol. The molecular weight excluding hydrogens is 330 g/mol. The van der Waals surface area contributed by atoms with Gasteiger partial charge in [0.05, 0.1) is 18.6 Å². The lowest BCUT2D eigenvalue weighted by atomic mass is 9.92. The second kappa shape index (κ2) is 8.58. The van der Waals surface area contributed by atoms with Crippen molar-refractivity contribution in [2.75, 3.05) is 20.3 Å². The molecule has 2 amide bonds. The molecule has 2 aromatic rings. The van der Waals surface area contributed by atoms with Crippen molar-refractivity contribution in [3.8, 4) is 0 Å². The van der Waals surface area contributed by atoms with Gasteiger partial charge in [-0.1, -0.05) is 36.4 Å². The van der Waals surface area contributed by atoms with E-state index in [9.17, 15) is 9.59 Å². The van der Waals surface area contributed by atoms with Crippen LogP contribution >= 0.6 is 0 Å². The molecule has 1 N–H and O–H groups in total. The molecule has 1 saturated heterocycles. The summed E-state index contributed by atoms with van der Waals surface area (Å²) in [5, 5.41) is 2.95. The largest absolute Gasteiger partial charge is 0.383 e. The number of ether oxygens (including phenoxy) is 1. The number of nitrogens with one attached hydrogen (secondary N) is 1. The smallest absolute Gasteiger partial charge is 0.226 e. The highest BCUT2D eigenvalue weighted by Crippen LogP contribution is 2.38. The third-order valence-electron chi connectivity index (χ3n) is 4.64. The van der Waals surface area contributed by atoms with Crippen LogP contribution in [-0.2, 0) is 20.9 Å². The zero-order chi connectivity index (χ0) is 18.4. The van der Waals surface area contributed by atoms with Crippen molar-refractivity contribution in [3.05, 3.63) is 66.0 Å². The molecular formula is C20H23N3O3. The van der Waals surface area contributed by atoms with Crippen molar-refractivity contribution in [3.63, 3.8) is 0 Å². The van der Waals surface area contributed by atoms with Crippen LogP contribution in [0.15, 0.2) is 54.9 Å². The maximum Gasteiger partial charge on any atom is 0.226 e. The molecule has 0 spiro atoms. The van der Waals surface area contributed by atoms with Crippen molar-refractivity contribution in [1.82, 2.24) is 15.2 Å². The Bertz CT molecular complexity index is 736. The summed E-state index contributed by atoms with van der Waals surface area (Å²) in [6, 6.07) is 13.2. The lowest BCUT2D eigenvalue weighted by Crippen LogP contribution is -2.36. The lowest BCUT2D eigenvalue weighted by molar-refractivity contribution is -0.129. The van der Waals surface area contributed by atoms with Crippen molar-refractivity contribution < 1.29 is 14.3 Å². The number of pyridine rings is 1. The number of rotatable bonds is 7. The van der Waals surface area contributed by atoms with Crippen LogP contribution in [0.5, 0.6) is 0 Å². The van der Waals surface area contributed by atoms with Crippen LogP contribution in [-0.4, -0.2) is 42.0 Å². The number of carbonyl (C=O) groups is 2. The normalized spacial score (nSPS) is 19.6. The highest BCUT2D eigenvalue weighted by atomic mass is 16.5. The number of carbonyl (C=O) groups excluding carboxylic acids is 2. The number of benzene rings is 1. The highest BCUT2D eigenvalue weighted by molar-refractivity contribution is 5.90. The summed E-state index contributed by atoms with van der Waals surface area (Å²) in [4.78, 5) is 31.2. The monoisotopic (exact) mass is 353 g/mol. The van der Waals surface area contributed by atoms with Crippen LogP contribution in [0.1, 0.15) is 23.6 Å². The van der Waals surface area contributed by atoms with Gasteiger partial charge in [0.2, 0.25) is 11.8 Å². The van der Waals surface area contributed by atoms with Gasteiger partial charge in [-0.2, -0.15) is 0 Å². The second-order valence-corrected chi connectivity index (χ2v) is 6.33. The van der Waals surface area contributed by atoms with Crippen LogP contribution in [0.4, 0.5) is 0 Å². The minimum Gasteiger partial charge on any atom is -0.383 e. The zero-order valence-corrected chi connectivity index (χ0v) is 14.8. The number of nitrogens with zero attached hydrogens (tertiary/aromatic N) is 2. The lowest BCUT2D eigenvalue weighted by Gasteiger charge is -2.28. The molecule has 6 nitrogen and oxygen atoms in total. The first-order valence-corrected chi connectivity index (χ1v) is 8.70. The molecule has 1 aromatic heterocycles. The molecule has 0 radical (unpaired) electrons. The van der Waals surface area contributed by atoms with E-state index in [4.69, 9.17) is 4.74 Å². The molecule has 2 heterocycles. The Balaban J connectivity index is 1.77. The molecule has 6 heteroatoms. The van der Waals surface area contributed by atoms with E-state index in [0.29, 0.717) is 19.7 Å². The van der Waals surface area contributed by atoms with Gasteiger partial charge in [0.25, 0.3) is 0 Å². The SMILES string of the molecule is COCCN1C(=O)C[C@@H](C(=O)NCc2cccnc2)[C@@H]1c1ccccc1. The predicted octanol–water partition coefficient (Wildman–Crippen LogP) is 1.93. The molecule has 0 aliphatic carbocycles. The van der Waals surface area contributed by atoms with Gasteiger partial charge in [-0.15, -0.1) is 0 Å². The molecule has 1 aromatic carbocycles. The standard InChI is InChI=1S/C20H23N3O3/c1-26-11-10-23-18(24)12-17(19(23)16-7-3-2-4-8-16)20(25)22-14-15-6-5-9-21-13-15/h2-9,13,17,19H,10-12,14H2,1H3,(H,22,25)/t17-,19+/m1/s1. The first-order chi connectivity index (χ1) is 12.7. The van der Waals surface area contributed by atoms with Gasteiger partial charge in [0.15, 0.2) is 0 Å². The molecule has 26 heavy (non-hydrogen) atoms. The number of hydrogen-bond acceptors (Lipinski definition) is 4. The van der Waals surface area contributed by atoms with Gasteiger partial charge >= 0.3 is 0 Å². The van der Waals surface area contributed by atoms with E-state index in [2.05, 4.69) is 10.3 Å². The van der Waals surface area contributed by atoms with Crippen LogP contribution in [0, 0.1) is 5.92 Å². The highest BCUT2D eigenvalue weighted by Gasteiger charge is 2.44. The van der Waals surface area contributed by atoms with Gasteiger partial charge in [0, 0.05) is 39.0 Å². The quantitative estimate of drug-likeness (QED) is 0.826. The van der Waals surface area contributed by atoms with E-state index in [-0.39, 0.29) is 24.3 Å². The first-order valence-electron chi connectivity index (χ1n) is 8.70. The van der Waals surface area contributed by atoms with Crippen LogP contribution in [0.2, 0.25) is 0 Å². The van der Waals surface area contributed by atoms with Crippen molar-refractivity contribution in [2.45, 2.75) is 19.0 Å². The molecule has 136 valence electrons. The summed E-state index contributed by atoms with van der Waals surface area (Å²) in [6.07, 6.45) is 3.63. The number of aromatic nitrogens is 1. The average molecular weight is 353 g/mol. The van der Waals surface area contributed by atoms with Crippen molar-refractivity contribution in [1.29, 1.82) is 0 Å². The van der Waals surface area contributed by atoms with Gasteiger partial charge in [-0.3, -0.25) is 14.6 Å². The summed E-state index contributed by atoms with van der Waals surface area (Å²) in [7, 11) is 1.61. The molecule has 3 rings (SSSR count). The van der Waals surface area contributed by atoms with Crippen LogP contribution in [0.25, 0.3) is 0 Å². The summed E-state index contributed by atoms with van der Waals surface area (Å²) < 4.78 is 5.14. The topological polar surface area (TPSA) is 71.5 Å². The Morgan fingerprint density at radius 2 is 2.08 bits per heavy atom. The summed E-state index contributed by atoms with van der Waals surface area (Å²) in [6.45, 7) is 1.32. The minimum atomic E-state index is -0.418. The maximum absolute atomic E-state index is 12.8. The fourth-order valence-corrected chi connectivity index (χ4v) is 3.36. The van der Waals surface area contributed by atoms with E-state index in [1.807, 2.05) is 42.5 Å². The summed E-state index contributed by atoms with van der Waals surface area (Å²) in [5.74, 6) is -0.549. The number of likely N-dealkylation sites (tertiary alicyclic amines) is 1. The van der Waals surface area contributed by atoms with Crippen molar-refractivity contribution in [2.24, 2.45) is 5.92 Å². The Labute approximate surface area is 153 Å². The molecule has 0 unspecified atom stereocenters. The van der Waals surface area contributed by atoms with E-state index < -0.39 is 5.92 Å². The van der Waals surface area contributed by atoms with E-state index in [1.54, 1.807) is 24.4 Å². The molecule has 0 bridgehead atoms. The van der Waals surface area contributed by atoms with E-state index in [0.717, 1.165) is 11.1 Å². The van der Waals surface area contributed by atoms with Gasteiger partial charge in [-0.25, -0.2) is 0 Å². The van der Waals surface area contributed by atoms with Crippen LogP contribution < -0.4 is 5.32 Å². The number of amides is 2. The van der Waals surface area contributed by atoms with Gasteiger partial charge < -0.3 is 15.0 Å². The van der Waals surface area contributed by atoms with Gasteiger partial charge in [-0.05, 0) is 17.2 Å². The summed E-state index contributed by atoms with van der Waals surface area (Å²) >= 11 is 0. The number of hydrogen-bond donors (Lipinski definition) is 1. The minimum absolute atomic E-state index is 0.0163. The Morgan fingerprint density at radius 3 is 2.77 bits per heavy atom.